The number of aliphatic hydroxyl groups excluding tert-OH is 1. The fourth-order valence-corrected chi connectivity index (χ4v) is 1.10. The zero-order valence-corrected chi connectivity index (χ0v) is 8.00. The Hall–Kier alpha value is -0.0800. The Morgan fingerprint density at radius 2 is 1.82 bits per heavy atom. The summed E-state index contributed by atoms with van der Waals surface area (Å²) in [6, 6.07) is 0. The van der Waals surface area contributed by atoms with Gasteiger partial charge in [0.25, 0.3) is 0 Å². The van der Waals surface area contributed by atoms with Gasteiger partial charge in [-0.3, -0.25) is 0 Å². The minimum Gasteiger partial charge on any atom is -0.368 e. The first-order valence-corrected chi connectivity index (χ1v) is 4.41. The van der Waals surface area contributed by atoms with Gasteiger partial charge in [0.05, 0.1) is 6.10 Å². The topological polar surface area (TPSA) is 29.5 Å². The van der Waals surface area contributed by atoms with Crippen molar-refractivity contribution in [2.24, 2.45) is 5.92 Å². The number of ether oxygens (including phenoxy) is 1. The summed E-state index contributed by atoms with van der Waals surface area (Å²) >= 11 is 0. The first-order valence-electron chi connectivity index (χ1n) is 4.41. The first kappa shape index (κ1) is 10.9. The average molecular weight is 160 g/mol. The summed E-state index contributed by atoms with van der Waals surface area (Å²) in [7, 11) is 0. The van der Waals surface area contributed by atoms with Crippen LogP contribution >= 0.6 is 0 Å². The van der Waals surface area contributed by atoms with Gasteiger partial charge >= 0.3 is 0 Å². The van der Waals surface area contributed by atoms with Crippen LogP contribution in [-0.4, -0.2) is 17.5 Å². The van der Waals surface area contributed by atoms with E-state index in [1.54, 1.807) is 6.92 Å². The van der Waals surface area contributed by atoms with Gasteiger partial charge in [0.15, 0.2) is 6.29 Å². The molecule has 0 bridgehead atoms. The summed E-state index contributed by atoms with van der Waals surface area (Å²) in [5.74, 6) is 0.490. The Morgan fingerprint density at radius 3 is 2.09 bits per heavy atom. The summed E-state index contributed by atoms with van der Waals surface area (Å²) in [5.41, 5.74) is 0. The number of hydrogen-bond donors (Lipinski definition) is 1. The highest BCUT2D eigenvalue weighted by atomic mass is 16.6. The van der Waals surface area contributed by atoms with E-state index in [-0.39, 0.29) is 6.10 Å². The molecule has 0 saturated carbocycles. The molecule has 0 aromatic carbocycles. The van der Waals surface area contributed by atoms with Crippen LogP contribution in [0.25, 0.3) is 0 Å². The van der Waals surface area contributed by atoms with E-state index in [0.29, 0.717) is 5.92 Å². The molecule has 0 aliphatic carbocycles. The lowest BCUT2D eigenvalue weighted by Crippen LogP contribution is -2.24. The molecule has 68 valence electrons. The van der Waals surface area contributed by atoms with Crippen LogP contribution in [0.4, 0.5) is 0 Å². The molecule has 0 aromatic rings. The summed E-state index contributed by atoms with van der Waals surface area (Å²) in [6.45, 7) is 8.01. The first-order chi connectivity index (χ1) is 5.07. The molecule has 0 fully saturated rings. The van der Waals surface area contributed by atoms with Crippen molar-refractivity contribution >= 4 is 0 Å². The molecular weight excluding hydrogens is 140 g/mol. The maximum Gasteiger partial charge on any atom is 0.152 e. The third-order valence-corrected chi connectivity index (χ3v) is 1.69. The second kappa shape index (κ2) is 5.56. The van der Waals surface area contributed by atoms with Gasteiger partial charge in [0.1, 0.15) is 0 Å². The second-order valence-electron chi connectivity index (χ2n) is 3.31. The summed E-state index contributed by atoms with van der Waals surface area (Å²) in [4.78, 5) is 0. The standard InChI is InChI=1S/C9H20O2/c1-5-6-9(7(2)3)11-8(4)10/h7-10H,5-6H2,1-4H3. The molecule has 2 atom stereocenters. The normalized spacial score (nSPS) is 16.9. The van der Waals surface area contributed by atoms with E-state index >= 15 is 0 Å². The molecule has 0 aliphatic rings. The summed E-state index contributed by atoms with van der Waals surface area (Å²) in [6.07, 6.45) is 1.71. The van der Waals surface area contributed by atoms with Crippen LogP contribution in [0.2, 0.25) is 0 Å². The smallest absolute Gasteiger partial charge is 0.152 e. The van der Waals surface area contributed by atoms with Crippen LogP contribution in [-0.2, 0) is 4.74 Å². The van der Waals surface area contributed by atoms with Crippen molar-refractivity contribution in [3.63, 3.8) is 0 Å². The van der Waals surface area contributed by atoms with Crippen molar-refractivity contribution in [3.8, 4) is 0 Å². The highest BCUT2D eigenvalue weighted by Crippen LogP contribution is 2.13. The van der Waals surface area contributed by atoms with Gasteiger partial charge in [-0.2, -0.15) is 0 Å². The average Bonchev–Trinajstić information content (AvgIpc) is 1.86. The zero-order chi connectivity index (χ0) is 8.85. The van der Waals surface area contributed by atoms with Gasteiger partial charge in [0, 0.05) is 0 Å². The minimum atomic E-state index is -0.631. The van der Waals surface area contributed by atoms with Crippen molar-refractivity contribution in [2.75, 3.05) is 0 Å². The highest BCUT2D eigenvalue weighted by Gasteiger charge is 2.14. The number of aliphatic hydroxyl groups is 1. The van der Waals surface area contributed by atoms with Crippen molar-refractivity contribution in [2.45, 2.75) is 52.9 Å². The van der Waals surface area contributed by atoms with E-state index < -0.39 is 6.29 Å². The predicted molar refractivity (Wildman–Crippen MR) is 46.3 cm³/mol. The van der Waals surface area contributed by atoms with E-state index in [0.717, 1.165) is 12.8 Å². The Morgan fingerprint density at radius 1 is 1.27 bits per heavy atom. The second-order valence-corrected chi connectivity index (χ2v) is 3.31. The molecule has 0 radical (unpaired) electrons. The third-order valence-electron chi connectivity index (χ3n) is 1.69. The molecule has 0 saturated heterocycles. The van der Waals surface area contributed by atoms with Gasteiger partial charge in [0.2, 0.25) is 0 Å². The molecule has 0 aliphatic heterocycles. The predicted octanol–water partition coefficient (Wildman–Crippen LogP) is 2.17. The Balaban J connectivity index is 3.69. The Kier molecular flexibility index (Phi) is 5.51. The summed E-state index contributed by atoms with van der Waals surface area (Å²) in [5, 5.41) is 8.98. The van der Waals surface area contributed by atoms with Crippen molar-refractivity contribution in [1.29, 1.82) is 0 Å². The van der Waals surface area contributed by atoms with Crippen LogP contribution in [0.1, 0.15) is 40.5 Å². The molecule has 2 heteroatoms. The molecule has 0 aromatic heterocycles. The van der Waals surface area contributed by atoms with Crippen LogP contribution in [0.15, 0.2) is 0 Å². The molecule has 0 heterocycles. The van der Waals surface area contributed by atoms with E-state index in [4.69, 9.17) is 9.84 Å². The van der Waals surface area contributed by atoms with Gasteiger partial charge in [-0.1, -0.05) is 27.2 Å². The maximum atomic E-state index is 8.98. The lowest BCUT2D eigenvalue weighted by atomic mass is 10.0. The quantitative estimate of drug-likeness (QED) is 0.624. The van der Waals surface area contributed by atoms with Gasteiger partial charge in [-0.05, 0) is 19.3 Å². The molecule has 0 amide bonds. The van der Waals surface area contributed by atoms with Crippen molar-refractivity contribution in [1.82, 2.24) is 0 Å². The number of rotatable bonds is 5. The van der Waals surface area contributed by atoms with Gasteiger partial charge in [-0.15, -0.1) is 0 Å². The Labute approximate surface area is 69.6 Å². The highest BCUT2D eigenvalue weighted by molar-refractivity contribution is 4.61. The van der Waals surface area contributed by atoms with Crippen molar-refractivity contribution < 1.29 is 9.84 Å². The number of hydrogen-bond acceptors (Lipinski definition) is 2. The van der Waals surface area contributed by atoms with E-state index in [1.165, 1.54) is 0 Å². The molecule has 11 heavy (non-hydrogen) atoms. The monoisotopic (exact) mass is 160 g/mol. The molecule has 0 spiro atoms. The molecular formula is C9H20O2. The summed E-state index contributed by atoms with van der Waals surface area (Å²) < 4.78 is 5.31. The van der Waals surface area contributed by atoms with E-state index in [1.807, 2.05) is 0 Å². The largest absolute Gasteiger partial charge is 0.368 e. The SMILES string of the molecule is CCCC(OC(C)O)C(C)C. The van der Waals surface area contributed by atoms with E-state index in [9.17, 15) is 0 Å². The molecule has 1 N–H and O–H groups in total. The minimum absolute atomic E-state index is 0.208. The Bertz CT molecular complexity index is 89.6. The fraction of sp³-hybridized carbons (Fsp3) is 1.00. The molecule has 2 nitrogen and oxygen atoms in total. The van der Waals surface area contributed by atoms with Crippen LogP contribution < -0.4 is 0 Å². The molecule has 2 unspecified atom stereocenters. The maximum absolute atomic E-state index is 8.98. The lowest BCUT2D eigenvalue weighted by molar-refractivity contribution is -0.138. The lowest BCUT2D eigenvalue weighted by Gasteiger charge is -2.22. The van der Waals surface area contributed by atoms with Gasteiger partial charge < -0.3 is 9.84 Å². The van der Waals surface area contributed by atoms with Crippen LogP contribution in [0, 0.1) is 5.92 Å². The fourth-order valence-electron chi connectivity index (χ4n) is 1.10. The molecule has 0 rings (SSSR count). The van der Waals surface area contributed by atoms with Crippen LogP contribution in [0.3, 0.4) is 0 Å². The van der Waals surface area contributed by atoms with E-state index in [2.05, 4.69) is 20.8 Å². The van der Waals surface area contributed by atoms with Crippen LogP contribution in [0.5, 0.6) is 0 Å². The zero-order valence-electron chi connectivity index (χ0n) is 8.00. The van der Waals surface area contributed by atoms with Crippen molar-refractivity contribution in [3.05, 3.63) is 0 Å². The van der Waals surface area contributed by atoms with Gasteiger partial charge in [-0.25, -0.2) is 0 Å². The third kappa shape index (κ3) is 5.22.